The van der Waals surface area contributed by atoms with Gasteiger partial charge in [-0.25, -0.2) is 0 Å². The summed E-state index contributed by atoms with van der Waals surface area (Å²) in [6.45, 7) is 4.21. The van der Waals surface area contributed by atoms with Gasteiger partial charge in [-0.15, -0.1) is 0 Å². The van der Waals surface area contributed by atoms with Crippen molar-refractivity contribution < 1.29 is 15.0 Å². The molecule has 0 rings (SSSR count). The maximum absolute atomic E-state index is 12.3. The molecule has 0 aromatic rings. The first-order chi connectivity index (χ1) is 27.7. The average Bonchev–Trinajstić information content (AvgIpc) is 3.20. The Morgan fingerprint density at radius 2 is 0.696 bits per heavy atom. The van der Waals surface area contributed by atoms with Gasteiger partial charge in [-0.2, -0.15) is 0 Å². The summed E-state index contributed by atoms with van der Waals surface area (Å²) < 4.78 is 0. The zero-order valence-electron chi connectivity index (χ0n) is 38.2. The van der Waals surface area contributed by atoms with Gasteiger partial charge in [0.25, 0.3) is 0 Å². The molecule has 0 radical (unpaired) electrons. The van der Waals surface area contributed by atoms with E-state index < -0.39 is 12.1 Å². The van der Waals surface area contributed by atoms with Gasteiger partial charge in [0.2, 0.25) is 5.91 Å². The number of unbranched alkanes of at least 4 members (excludes halogenated alkanes) is 38. The zero-order chi connectivity index (χ0) is 40.7. The molecule has 0 saturated heterocycles. The molecule has 1 amide bonds. The van der Waals surface area contributed by atoms with Crippen LogP contribution in [-0.4, -0.2) is 34.9 Å². The van der Waals surface area contributed by atoms with Crippen LogP contribution in [0.4, 0.5) is 0 Å². The second-order valence-corrected chi connectivity index (χ2v) is 17.6. The van der Waals surface area contributed by atoms with Gasteiger partial charge in [0.1, 0.15) is 0 Å². The Kier molecular flexibility index (Phi) is 47.3. The number of hydrogen-bond donors (Lipinski definition) is 3. The molecule has 0 saturated carbocycles. The molecule has 0 aliphatic rings. The summed E-state index contributed by atoms with van der Waals surface area (Å²) in [5, 5.41) is 22.8. The fourth-order valence-corrected chi connectivity index (χ4v) is 8.03. The Hall–Kier alpha value is -1.13. The first kappa shape index (κ1) is 54.9. The molecule has 0 spiro atoms. The van der Waals surface area contributed by atoms with E-state index in [1.54, 1.807) is 6.08 Å². The predicted molar refractivity (Wildman–Crippen MR) is 249 cm³/mol. The molecule has 332 valence electrons. The SMILES string of the molecule is CCC/C=C/CC/C=C/C(O)C(CO)NC(=O)CCCCCCCCCCCCCCCCCCCCCCCCCCCCCCCCCCCCCCC. The van der Waals surface area contributed by atoms with Gasteiger partial charge in [0.05, 0.1) is 18.8 Å². The first-order valence-corrected chi connectivity index (χ1v) is 25.6. The highest BCUT2D eigenvalue weighted by Crippen LogP contribution is 2.18. The minimum Gasteiger partial charge on any atom is -0.394 e. The third kappa shape index (κ3) is 44.0. The summed E-state index contributed by atoms with van der Waals surface area (Å²) in [5.74, 6) is -0.0738. The highest BCUT2D eigenvalue weighted by Gasteiger charge is 2.17. The molecule has 0 fully saturated rings. The maximum atomic E-state index is 12.3. The Balaban J connectivity index is 3.29. The quantitative estimate of drug-likeness (QED) is 0.0425. The van der Waals surface area contributed by atoms with Crippen LogP contribution in [-0.2, 0) is 4.79 Å². The summed E-state index contributed by atoms with van der Waals surface area (Å²) in [6.07, 6.45) is 63.8. The Morgan fingerprint density at radius 3 is 1.00 bits per heavy atom. The highest BCUT2D eigenvalue weighted by molar-refractivity contribution is 5.76. The predicted octanol–water partition coefficient (Wildman–Crippen LogP) is 16.4. The number of nitrogens with one attached hydrogen (secondary N) is 1. The summed E-state index contributed by atoms with van der Waals surface area (Å²) in [7, 11) is 0. The summed E-state index contributed by atoms with van der Waals surface area (Å²) in [6, 6.07) is -0.632. The molecular formula is C52H101NO3. The minimum absolute atomic E-state index is 0.0738. The highest BCUT2D eigenvalue weighted by atomic mass is 16.3. The standard InChI is InChI=1S/C52H101NO3/c1-3-5-7-9-11-12-13-14-15-16-17-18-19-20-21-22-23-24-25-26-27-28-29-30-31-32-33-34-35-36-37-38-39-40-42-44-46-48-52(56)53-50(49-54)51(55)47-45-43-41-10-8-6-4-2/h8,10,45,47,50-51,54-55H,3-7,9,11-44,46,48-49H2,1-2H3,(H,53,56)/b10-8+,47-45+. The van der Waals surface area contributed by atoms with Crippen LogP contribution >= 0.6 is 0 Å². The van der Waals surface area contributed by atoms with E-state index in [1.165, 1.54) is 225 Å². The van der Waals surface area contributed by atoms with E-state index in [9.17, 15) is 15.0 Å². The van der Waals surface area contributed by atoms with Crippen LogP contribution in [0.5, 0.6) is 0 Å². The van der Waals surface area contributed by atoms with Gasteiger partial charge in [-0.1, -0.05) is 276 Å². The fourth-order valence-electron chi connectivity index (χ4n) is 8.03. The second-order valence-electron chi connectivity index (χ2n) is 17.6. The second kappa shape index (κ2) is 48.2. The number of hydrogen-bond acceptors (Lipinski definition) is 3. The van der Waals surface area contributed by atoms with E-state index in [1.807, 2.05) is 6.08 Å². The largest absolute Gasteiger partial charge is 0.394 e. The molecule has 2 unspecified atom stereocenters. The average molecular weight is 788 g/mol. The lowest BCUT2D eigenvalue weighted by Gasteiger charge is -2.19. The number of carbonyl (C=O) groups excluding carboxylic acids is 1. The van der Waals surface area contributed by atoms with Gasteiger partial charge in [0, 0.05) is 6.42 Å². The van der Waals surface area contributed by atoms with Crippen LogP contribution in [0.25, 0.3) is 0 Å². The van der Waals surface area contributed by atoms with Crippen LogP contribution < -0.4 is 5.32 Å². The van der Waals surface area contributed by atoms with E-state index in [-0.39, 0.29) is 12.5 Å². The molecule has 0 aromatic carbocycles. The van der Waals surface area contributed by atoms with E-state index in [4.69, 9.17) is 0 Å². The minimum atomic E-state index is -0.855. The maximum Gasteiger partial charge on any atom is 0.220 e. The summed E-state index contributed by atoms with van der Waals surface area (Å²) in [5.41, 5.74) is 0. The Bertz CT molecular complexity index is 810. The van der Waals surface area contributed by atoms with Crippen molar-refractivity contribution in [2.45, 2.75) is 296 Å². The van der Waals surface area contributed by atoms with Gasteiger partial charge >= 0.3 is 0 Å². The molecule has 2 atom stereocenters. The van der Waals surface area contributed by atoms with Crippen molar-refractivity contribution in [1.29, 1.82) is 0 Å². The molecule has 56 heavy (non-hydrogen) atoms. The molecule has 3 N–H and O–H groups in total. The molecule has 0 bridgehead atoms. The van der Waals surface area contributed by atoms with Crippen LogP contribution in [0, 0.1) is 0 Å². The van der Waals surface area contributed by atoms with Crippen molar-refractivity contribution in [1.82, 2.24) is 5.32 Å². The number of aliphatic hydroxyl groups is 2. The molecule has 0 aromatic heterocycles. The molecule has 4 heteroatoms. The van der Waals surface area contributed by atoms with Crippen molar-refractivity contribution in [2.75, 3.05) is 6.61 Å². The number of carbonyl (C=O) groups is 1. The normalized spacial score (nSPS) is 13.0. The van der Waals surface area contributed by atoms with E-state index >= 15 is 0 Å². The van der Waals surface area contributed by atoms with Gasteiger partial charge in [0.15, 0.2) is 0 Å². The zero-order valence-corrected chi connectivity index (χ0v) is 38.2. The van der Waals surface area contributed by atoms with E-state index in [0.717, 1.165) is 38.5 Å². The number of aliphatic hydroxyl groups excluding tert-OH is 2. The van der Waals surface area contributed by atoms with Gasteiger partial charge < -0.3 is 15.5 Å². The lowest BCUT2D eigenvalue weighted by Crippen LogP contribution is -2.45. The molecule has 4 nitrogen and oxygen atoms in total. The van der Waals surface area contributed by atoms with Crippen molar-refractivity contribution >= 4 is 5.91 Å². The van der Waals surface area contributed by atoms with Crippen molar-refractivity contribution in [2.24, 2.45) is 0 Å². The Morgan fingerprint density at radius 1 is 0.411 bits per heavy atom. The molecular weight excluding hydrogens is 687 g/mol. The van der Waals surface area contributed by atoms with Crippen molar-refractivity contribution in [3.05, 3.63) is 24.3 Å². The molecule has 0 aliphatic carbocycles. The first-order valence-electron chi connectivity index (χ1n) is 25.6. The number of rotatable bonds is 47. The lowest BCUT2D eigenvalue weighted by atomic mass is 10.0. The third-order valence-corrected chi connectivity index (χ3v) is 11.9. The topological polar surface area (TPSA) is 69.6 Å². The van der Waals surface area contributed by atoms with Crippen LogP contribution in [0.2, 0.25) is 0 Å². The monoisotopic (exact) mass is 788 g/mol. The smallest absolute Gasteiger partial charge is 0.220 e. The van der Waals surface area contributed by atoms with Crippen LogP contribution in [0.3, 0.4) is 0 Å². The number of allylic oxidation sites excluding steroid dienone is 3. The van der Waals surface area contributed by atoms with Gasteiger partial charge in [-0.3, -0.25) is 4.79 Å². The van der Waals surface area contributed by atoms with Crippen molar-refractivity contribution in [3.63, 3.8) is 0 Å². The van der Waals surface area contributed by atoms with Crippen molar-refractivity contribution in [3.8, 4) is 0 Å². The van der Waals surface area contributed by atoms with E-state index in [2.05, 4.69) is 31.3 Å². The summed E-state index contributed by atoms with van der Waals surface area (Å²) in [4.78, 5) is 12.3. The fraction of sp³-hybridized carbons (Fsp3) is 0.904. The van der Waals surface area contributed by atoms with Crippen LogP contribution in [0.1, 0.15) is 284 Å². The van der Waals surface area contributed by atoms with Gasteiger partial charge in [-0.05, 0) is 25.7 Å². The summed E-state index contributed by atoms with van der Waals surface area (Å²) >= 11 is 0. The lowest BCUT2D eigenvalue weighted by molar-refractivity contribution is -0.123. The molecule has 0 heterocycles. The number of amides is 1. The molecule has 0 aliphatic heterocycles. The Labute approximate surface area is 351 Å². The van der Waals surface area contributed by atoms with Crippen LogP contribution in [0.15, 0.2) is 24.3 Å². The third-order valence-electron chi connectivity index (χ3n) is 11.9. The van der Waals surface area contributed by atoms with E-state index in [0.29, 0.717) is 6.42 Å².